The van der Waals surface area contributed by atoms with Gasteiger partial charge in [-0.3, -0.25) is 0 Å². The lowest BCUT2D eigenvalue weighted by atomic mass is 10.1. The van der Waals surface area contributed by atoms with Crippen LogP contribution in [0.25, 0.3) is 0 Å². The van der Waals surface area contributed by atoms with Gasteiger partial charge in [0.25, 0.3) is 0 Å². The first-order valence-electron chi connectivity index (χ1n) is 8.04. The Hall–Kier alpha value is -3.16. The Bertz CT molecular complexity index is 728. The first-order valence-corrected chi connectivity index (χ1v) is 8.04. The van der Waals surface area contributed by atoms with Gasteiger partial charge in [0.2, 0.25) is 0 Å². The van der Waals surface area contributed by atoms with Crippen LogP contribution in [0.4, 0.5) is 16.3 Å². The smallest absolute Gasteiger partial charge is 0.356 e. The predicted octanol–water partition coefficient (Wildman–Crippen LogP) is 1.97. The van der Waals surface area contributed by atoms with Crippen molar-refractivity contribution in [2.45, 2.75) is 18.9 Å². The molecule has 8 nitrogen and oxygen atoms in total. The molecule has 1 aliphatic rings. The Morgan fingerprint density at radius 2 is 1.80 bits per heavy atom. The highest BCUT2D eigenvalue weighted by molar-refractivity contribution is 5.89. The molecule has 1 aromatic carbocycles. The summed E-state index contributed by atoms with van der Waals surface area (Å²) in [6, 6.07) is 9.17. The number of aromatic carboxylic acids is 1. The molecular weight excluding hydrogens is 322 g/mol. The Kier molecular flexibility index (Phi) is 5.08. The number of carbonyl (C=O) groups excluding carboxylic acids is 1. The van der Waals surface area contributed by atoms with Crippen LogP contribution in [0.1, 0.15) is 23.3 Å². The highest BCUT2D eigenvalue weighted by Crippen LogP contribution is 2.17. The third kappa shape index (κ3) is 4.43. The number of aromatic nitrogens is 2. The van der Waals surface area contributed by atoms with Crippen LogP contribution in [0.3, 0.4) is 0 Å². The fourth-order valence-electron chi connectivity index (χ4n) is 2.72. The molecule has 0 spiro atoms. The number of urea groups is 1. The molecule has 130 valence electrons. The van der Waals surface area contributed by atoms with Crippen LogP contribution in [0.15, 0.2) is 42.7 Å². The summed E-state index contributed by atoms with van der Waals surface area (Å²) >= 11 is 0. The molecule has 1 saturated heterocycles. The Balaban J connectivity index is 1.48. The van der Waals surface area contributed by atoms with Gasteiger partial charge in [-0.15, -0.1) is 0 Å². The summed E-state index contributed by atoms with van der Waals surface area (Å²) in [6.45, 7) is 1.44. The molecule has 0 radical (unpaired) electrons. The quantitative estimate of drug-likeness (QED) is 0.785. The number of carboxylic acid groups (broad SMARTS) is 1. The standard InChI is InChI=1S/C17H19N5O3/c23-16(24)14-10-19-15(11-18-14)22-8-6-13(7-9-22)21-17(25)20-12-4-2-1-3-5-12/h1-5,10-11,13H,6-9H2,(H,23,24)(H2,20,21,25). The summed E-state index contributed by atoms with van der Waals surface area (Å²) in [7, 11) is 0. The molecule has 1 fully saturated rings. The van der Waals surface area contributed by atoms with E-state index in [1.54, 1.807) is 0 Å². The minimum absolute atomic E-state index is 0.0714. The van der Waals surface area contributed by atoms with Crippen LogP contribution in [0, 0.1) is 0 Å². The van der Waals surface area contributed by atoms with Crippen molar-refractivity contribution >= 4 is 23.5 Å². The van der Waals surface area contributed by atoms with Crippen molar-refractivity contribution in [1.82, 2.24) is 15.3 Å². The summed E-state index contributed by atoms with van der Waals surface area (Å²) in [4.78, 5) is 32.9. The first-order chi connectivity index (χ1) is 12.1. The largest absolute Gasteiger partial charge is 0.476 e. The van der Waals surface area contributed by atoms with E-state index in [4.69, 9.17) is 5.11 Å². The van der Waals surface area contributed by atoms with E-state index in [0.717, 1.165) is 31.6 Å². The van der Waals surface area contributed by atoms with E-state index >= 15 is 0 Å². The molecule has 8 heteroatoms. The molecule has 0 unspecified atom stereocenters. The zero-order valence-corrected chi connectivity index (χ0v) is 13.6. The van der Waals surface area contributed by atoms with Gasteiger partial charge >= 0.3 is 12.0 Å². The number of carboxylic acids is 1. The number of piperidine rings is 1. The van der Waals surface area contributed by atoms with Crippen molar-refractivity contribution in [3.63, 3.8) is 0 Å². The fourth-order valence-corrected chi connectivity index (χ4v) is 2.72. The van der Waals surface area contributed by atoms with Gasteiger partial charge in [-0.1, -0.05) is 18.2 Å². The van der Waals surface area contributed by atoms with Gasteiger partial charge in [0.05, 0.1) is 12.4 Å². The number of hydrogen-bond acceptors (Lipinski definition) is 5. The molecule has 0 atom stereocenters. The number of benzene rings is 1. The van der Waals surface area contributed by atoms with E-state index in [1.165, 1.54) is 12.4 Å². The van der Waals surface area contributed by atoms with Crippen molar-refractivity contribution in [3.05, 3.63) is 48.4 Å². The predicted molar refractivity (Wildman–Crippen MR) is 92.8 cm³/mol. The SMILES string of the molecule is O=C(Nc1ccccc1)NC1CCN(c2cnc(C(=O)O)cn2)CC1. The van der Waals surface area contributed by atoms with Gasteiger partial charge in [0, 0.05) is 24.8 Å². The molecule has 2 amide bonds. The monoisotopic (exact) mass is 341 g/mol. The molecular formula is C17H19N5O3. The van der Waals surface area contributed by atoms with Gasteiger partial charge in [-0.25, -0.2) is 19.6 Å². The van der Waals surface area contributed by atoms with Gasteiger partial charge in [0.1, 0.15) is 5.82 Å². The fraction of sp³-hybridized carbons (Fsp3) is 0.294. The molecule has 1 aliphatic heterocycles. The maximum atomic E-state index is 12.0. The molecule has 2 aromatic rings. The van der Waals surface area contributed by atoms with E-state index in [0.29, 0.717) is 5.82 Å². The summed E-state index contributed by atoms with van der Waals surface area (Å²) in [5, 5.41) is 14.6. The number of carbonyl (C=O) groups is 2. The summed E-state index contributed by atoms with van der Waals surface area (Å²) in [5.74, 6) is -0.441. The topological polar surface area (TPSA) is 107 Å². The van der Waals surface area contributed by atoms with Crippen molar-refractivity contribution in [3.8, 4) is 0 Å². The molecule has 3 rings (SSSR count). The number of nitrogens with zero attached hydrogens (tertiary/aromatic N) is 3. The Labute approximate surface area is 144 Å². The third-order valence-corrected chi connectivity index (χ3v) is 4.04. The Morgan fingerprint density at radius 3 is 2.40 bits per heavy atom. The summed E-state index contributed by atoms with van der Waals surface area (Å²) in [5.41, 5.74) is 0.684. The zero-order chi connectivity index (χ0) is 17.6. The van der Waals surface area contributed by atoms with Crippen molar-refractivity contribution in [2.24, 2.45) is 0 Å². The van der Waals surface area contributed by atoms with Gasteiger partial charge < -0.3 is 20.6 Å². The number of para-hydroxylation sites is 1. The molecule has 3 N–H and O–H groups in total. The van der Waals surface area contributed by atoms with E-state index in [1.807, 2.05) is 35.2 Å². The average Bonchev–Trinajstić information content (AvgIpc) is 2.63. The lowest BCUT2D eigenvalue weighted by Crippen LogP contribution is -2.46. The van der Waals surface area contributed by atoms with Crippen LogP contribution >= 0.6 is 0 Å². The molecule has 0 aliphatic carbocycles. The van der Waals surface area contributed by atoms with E-state index in [2.05, 4.69) is 20.6 Å². The van der Waals surface area contributed by atoms with Crippen LogP contribution < -0.4 is 15.5 Å². The van der Waals surface area contributed by atoms with Crippen LogP contribution in [-0.2, 0) is 0 Å². The highest BCUT2D eigenvalue weighted by Gasteiger charge is 2.22. The van der Waals surface area contributed by atoms with Crippen LogP contribution in [0.2, 0.25) is 0 Å². The normalized spacial score (nSPS) is 14.8. The molecule has 2 heterocycles. The van der Waals surface area contributed by atoms with Crippen molar-refractivity contribution in [2.75, 3.05) is 23.3 Å². The maximum absolute atomic E-state index is 12.0. The van der Waals surface area contributed by atoms with E-state index in [-0.39, 0.29) is 17.8 Å². The highest BCUT2D eigenvalue weighted by atomic mass is 16.4. The minimum Gasteiger partial charge on any atom is -0.476 e. The first kappa shape index (κ1) is 16.7. The second-order valence-corrected chi connectivity index (χ2v) is 5.79. The number of hydrogen-bond donors (Lipinski definition) is 3. The number of amides is 2. The van der Waals surface area contributed by atoms with E-state index in [9.17, 15) is 9.59 Å². The average molecular weight is 341 g/mol. The second-order valence-electron chi connectivity index (χ2n) is 5.79. The van der Waals surface area contributed by atoms with Gasteiger partial charge in [0.15, 0.2) is 5.69 Å². The van der Waals surface area contributed by atoms with Crippen molar-refractivity contribution in [1.29, 1.82) is 0 Å². The molecule has 0 bridgehead atoms. The van der Waals surface area contributed by atoms with Crippen LogP contribution in [0.5, 0.6) is 0 Å². The van der Waals surface area contributed by atoms with Gasteiger partial charge in [-0.2, -0.15) is 0 Å². The Morgan fingerprint density at radius 1 is 1.08 bits per heavy atom. The number of nitrogens with one attached hydrogen (secondary N) is 2. The second kappa shape index (κ2) is 7.61. The van der Waals surface area contributed by atoms with Crippen molar-refractivity contribution < 1.29 is 14.7 Å². The number of rotatable bonds is 4. The summed E-state index contributed by atoms with van der Waals surface area (Å²) in [6.07, 6.45) is 4.30. The minimum atomic E-state index is -1.09. The summed E-state index contributed by atoms with van der Waals surface area (Å²) < 4.78 is 0. The van der Waals surface area contributed by atoms with Crippen LogP contribution in [-0.4, -0.2) is 46.2 Å². The lowest BCUT2D eigenvalue weighted by Gasteiger charge is -2.32. The molecule has 1 aromatic heterocycles. The third-order valence-electron chi connectivity index (χ3n) is 4.04. The van der Waals surface area contributed by atoms with Gasteiger partial charge in [-0.05, 0) is 25.0 Å². The lowest BCUT2D eigenvalue weighted by molar-refractivity contribution is 0.0690. The molecule has 0 saturated carbocycles. The maximum Gasteiger partial charge on any atom is 0.356 e. The molecule has 25 heavy (non-hydrogen) atoms. The zero-order valence-electron chi connectivity index (χ0n) is 13.6. The van der Waals surface area contributed by atoms with E-state index < -0.39 is 5.97 Å². The number of anilines is 2.